The molecule has 1 aromatic carbocycles. The van der Waals surface area contributed by atoms with Gasteiger partial charge in [0.15, 0.2) is 9.84 Å². The minimum absolute atomic E-state index is 0.0555. The molecule has 0 spiro atoms. The lowest BCUT2D eigenvalue weighted by Gasteiger charge is -2.33. The summed E-state index contributed by atoms with van der Waals surface area (Å²) in [6.07, 6.45) is -1.64. The quantitative estimate of drug-likeness (QED) is 0.819. The van der Waals surface area contributed by atoms with Gasteiger partial charge in [-0.15, -0.1) is 0 Å². The van der Waals surface area contributed by atoms with Crippen LogP contribution in [0.5, 0.6) is 0 Å². The van der Waals surface area contributed by atoms with Gasteiger partial charge in [-0.3, -0.25) is 4.79 Å². The molecule has 1 saturated carbocycles. The van der Waals surface area contributed by atoms with Crippen LogP contribution >= 0.6 is 0 Å². The molecule has 1 saturated heterocycles. The van der Waals surface area contributed by atoms with E-state index in [4.69, 9.17) is 0 Å². The van der Waals surface area contributed by atoms with Crippen LogP contribution in [0.15, 0.2) is 29.2 Å². The molecule has 0 aromatic heterocycles. The number of halogens is 3. The summed E-state index contributed by atoms with van der Waals surface area (Å²) in [6, 6.07) is 3.99. The zero-order valence-corrected chi connectivity index (χ0v) is 15.7. The highest BCUT2D eigenvalue weighted by Crippen LogP contribution is 2.33. The predicted molar refractivity (Wildman–Crippen MR) is 93.9 cm³/mol. The summed E-state index contributed by atoms with van der Waals surface area (Å²) >= 11 is 0. The third kappa shape index (κ3) is 4.63. The molecule has 0 unspecified atom stereocenters. The van der Waals surface area contributed by atoms with Crippen molar-refractivity contribution in [2.75, 3.05) is 19.6 Å². The molecule has 1 aromatic rings. The topological polar surface area (TPSA) is 66.5 Å². The normalized spacial score (nSPS) is 23.7. The number of nitrogens with one attached hydrogen (secondary N) is 1. The van der Waals surface area contributed by atoms with Crippen LogP contribution in [0.4, 0.5) is 13.2 Å². The molecule has 1 heterocycles. The minimum atomic E-state index is -4.57. The van der Waals surface area contributed by atoms with Crippen molar-refractivity contribution in [3.8, 4) is 0 Å². The number of hydrogen-bond acceptors (Lipinski definition) is 4. The number of carbonyl (C=O) groups excluding carboxylic acids is 1. The van der Waals surface area contributed by atoms with Gasteiger partial charge in [-0.25, -0.2) is 8.42 Å². The molecule has 27 heavy (non-hydrogen) atoms. The van der Waals surface area contributed by atoms with Gasteiger partial charge in [-0.1, -0.05) is 6.07 Å². The second-order valence-corrected chi connectivity index (χ2v) is 9.39. The van der Waals surface area contributed by atoms with Gasteiger partial charge < -0.3 is 10.2 Å². The van der Waals surface area contributed by atoms with Crippen molar-refractivity contribution in [3.05, 3.63) is 29.8 Å². The van der Waals surface area contributed by atoms with Crippen LogP contribution in [-0.4, -0.2) is 50.2 Å². The van der Waals surface area contributed by atoms with Crippen molar-refractivity contribution in [1.82, 2.24) is 10.2 Å². The number of benzene rings is 1. The third-order valence-electron chi connectivity index (χ3n) is 5.35. The van der Waals surface area contributed by atoms with Crippen LogP contribution in [0.3, 0.4) is 0 Å². The maximum absolute atomic E-state index is 12.9. The first-order valence-corrected chi connectivity index (χ1v) is 10.6. The van der Waals surface area contributed by atoms with E-state index in [-0.39, 0.29) is 23.4 Å². The number of alkyl halides is 3. The second kappa shape index (κ2) is 7.79. The van der Waals surface area contributed by atoms with Crippen LogP contribution in [0.2, 0.25) is 0 Å². The van der Waals surface area contributed by atoms with Gasteiger partial charge in [0.25, 0.3) is 0 Å². The van der Waals surface area contributed by atoms with E-state index in [0.29, 0.717) is 31.7 Å². The largest absolute Gasteiger partial charge is 0.416 e. The molecule has 0 atom stereocenters. The Morgan fingerprint density at radius 2 is 1.81 bits per heavy atom. The van der Waals surface area contributed by atoms with E-state index in [9.17, 15) is 26.4 Å². The van der Waals surface area contributed by atoms with E-state index in [1.54, 1.807) is 4.90 Å². The van der Waals surface area contributed by atoms with E-state index in [1.807, 2.05) is 0 Å². The number of hydrogen-bond donors (Lipinski definition) is 1. The summed E-state index contributed by atoms with van der Waals surface area (Å²) in [5, 5.41) is 2.49. The average Bonchev–Trinajstić information content (AvgIpc) is 2.58. The highest BCUT2D eigenvalue weighted by molar-refractivity contribution is 7.92. The molecule has 5 nitrogen and oxygen atoms in total. The van der Waals surface area contributed by atoms with Gasteiger partial charge >= 0.3 is 6.18 Å². The first kappa shape index (κ1) is 20.1. The van der Waals surface area contributed by atoms with E-state index in [2.05, 4.69) is 5.32 Å². The van der Waals surface area contributed by atoms with Gasteiger partial charge in [-0.05, 0) is 50.3 Å². The van der Waals surface area contributed by atoms with Crippen molar-refractivity contribution in [1.29, 1.82) is 0 Å². The van der Waals surface area contributed by atoms with E-state index in [1.165, 1.54) is 6.07 Å². The number of sulfone groups is 1. The number of likely N-dealkylation sites (tertiary alicyclic amines) is 1. The summed E-state index contributed by atoms with van der Waals surface area (Å²) in [6.45, 7) is 1.83. The Hall–Kier alpha value is -1.61. The molecule has 1 N–H and O–H groups in total. The summed E-state index contributed by atoms with van der Waals surface area (Å²) in [4.78, 5) is 13.4. The highest BCUT2D eigenvalue weighted by Gasteiger charge is 2.35. The highest BCUT2D eigenvalue weighted by atomic mass is 32.2. The molecule has 0 bridgehead atoms. The Bertz CT molecular complexity index is 783. The van der Waals surface area contributed by atoms with Crippen molar-refractivity contribution < 1.29 is 26.4 Å². The first-order chi connectivity index (χ1) is 12.7. The van der Waals surface area contributed by atoms with Crippen molar-refractivity contribution in [2.45, 2.75) is 54.5 Å². The fraction of sp³-hybridized carbons (Fsp3) is 0.611. The lowest BCUT2D eigenvalue weighted by atomic mass is 9.95. The van der Waals surface area contributed by atoms with Crippen LogP contribution in [-0.2, 0) is 20.8 Å². The minimum Gasteiger partial charge on any atom is -0.341 e. The van der Waals surface area contributed by atoms with Gasteiger partial charge in [0.2, 0.25) is 5.91 Å². The van der Waals surface area contributed by atoms with Crippen LogP contribution in [0.1, 0.15) is 37.7 Å². The molecule has 2 aliphatic rings. The Labute approximate surface area is 156 Å². The molecule has 0 radical (unpaired) electrons. The maximum Gasteiger partial charge on any atom is 0.416 e. The molecule has 1 amide bonds. The number of carbonyl (C=O) groups is 1. The third-order valence-corrected chi connectivity index (χ3v) is 7.61. The Kier molecular flexibility index (Phi) is 5.81. The summed E-state index contributed by atoms with van der Waals surface area (Å²) in [7, 11) is -3.81. The molecule has 2 fully saturated rings. The van der Waals surface area contributed by atoms with Gasteiger partial charge in [0.05, 0.1) is 22.3 Å². The Balaban J connectivity index is 1.57. The van der Waals surface area contributed by atoms with Gasteiger partial charge in [0.1, 0.15) is 0 Å². The lowest BCUT2D eigenvalue weighted by molar-refractivity contribution is -0.137. The maximum atomic E-state index is 12.9. The molecular formula is C18H23F3N2O3S. The standard InChI is InChI=1S/C18H23F3N2O3S/c19-18(20,21)13-3-1-4-16(11-13)27(25,26)15-7-5-14(6-8-15)22-12-17(24)23-9-2-10-23/h1,3-4,11,14-15,22H,2,5-10,12H2. The Morgan fingerprint density at radius 3 is 2.37 bits per heavy atom. The van der Waals surface area contributed by atoms with E-state index in [0.717, 1.165) is 31.6 Å². The van der Waals surface area contributed by atoms with Crippen molar-refractivity contribution >= 4 is 15.7 Å². The summed E-state index contributed by atoms with van der Waals surface area (Å²) in [5.74, 6) is 0.0555. The fourth-order valence-corrected chi connectivity index (χ4v) is 5.37. The molecule has 9 heteroatoms. The molecule has 150 valence electrons. The molecule has 1 aliphatic carbocycles. The zero-order valence-electron chi connectivity index (χ0n) is 14.8. The molecule has 1 aliphatic heterocycles. The van der Waals surface area contributed by atoms with Gasteiger partial charge in [0, 0.05) is 19.1 Å². The lowest BCUT2D eigenvalue weighted by Crippen LogP contribution is -2.48. The van der Waals surface area contributed by atoms with Crippen LogP contribution in [0.25, 0.3) is 0 Å². The summed E-state index contributed by atoms with van der Waals surface area (Å²) in [5.41, 5.74) is -0.955. The average molecular weight is 404 g/mol. The predicted octanol–water partition coefficient (Wildman–Crippen LogP) is 2.61. The summed E-state index contributed by atoms with van der Waals surface area (Å²) < 4.78 is 64.0. The SMILES string of the molecule is O=C(CNC1CCC(S(=O)(=O)c2cccc(C(F)(F)F)c2)CC1)N1CCC1. The smallest absolute Gasteiger partial charge is 0.341 e. The van der Waals surface area contributed by atoms with E-state index >= 15 is 0 Å². The monoisotopic (exact) mass is 404 g/mol. The zero-order chi connectivity index (χ0) is 19.7. The second-order valence-electron chi connectivity index (χ2n) is 7.16. The van der Waals surface area contributed by atoms with E-state index < -0.39 is 26.8 Å². The molecular weight excluding hydrogens is 381 g/mol. The van der Waals surface area contributed by atoms with Crippen molar-refractivity contribution in [2.24, 2.45) is 0 Å². The molecule has 3 rings (SSSR count). The van der Waals surface area contributed by atoms with Gasteiger partial charge in [-0.2, -0.15) is 13.2 Å². The number of amides is 1. The number of nitrogens with zero attached hydrogens (tertiary/aromatic N) is 1. The fourth-order valence-electron chi connectivity index (χ4n) is 3.53. The first-order valence-electron chi connectivity index (χ1n) is 9.10. The van der Waals surface area contributed by atoms with Crippen LogP contribution < -0.4 is 5.32 Å². The Morgan fingerprint density at radius 1 is 1.15 bits per heavy atom. The van der Waals surface area contributed by atoms with Crippen LogP contribution in [0, 0.1) is 0 Å². The van der Waals surface area contributed by atoms with Crippen molar-refractivity contribution in [3.63, 3.8) is 0 Å². The number of rotatable bonds is 5.